The highest BCUT2D eigenvalue weighted by Gasteiger charge is 2.44. The molecule has 2 heterocycles. The van der Waals surface area contributed by atoms with Gasteiger partial charge in [-0.1, -0.05) is 0 Å². The third-order valence-electron chi connectivity index (χ3n) is 4.63. The fourth-order valence-corrected chi connectivity index (χ4v) is 2.90. The maximum Gasteiger partial charge on any atom is 0.269 e. The number of hydrogen-bond donors (Lipinski definition) is 2. The Hall–Kier alpha value is -1.73. The molecular formula is C15H23N5O2. The van der Waals surface area contributed by atoms with Crippen LogP contribution in [0.5, 0.6) is 0 Å². The van der Waals surface area contributed by atoms with Crippen molar-refractivity contribution in [3.63, 3.8) is 0 Å². The van der Waals surface area contributed by atoms with E-state index in [1.807, 2.05) is 0 Å². The number of piperazine rings is 1. The second-order valence-corrected chi connectivity index (χ2v) is 6.57. The third kappa shape index (κ3) is 3.72. The standard InChI is InChI=1S/C15H23N5O2/c1-19-4-6-20(7-5-19)11-15(2-3-15)10-17-14(22)12-8-16-9-13(21)18-12/h8-9H,2-7,10-11H2,1H3,(H,17,22)(H,18,21). The van der Waals surface area contributed by atoms with Crippen molar-refractivity contribution in [1.82, 2.24) is 25.1 Å². The summed E-state index contributed by atoms with van der Waals surface area (Å²) in [7, 11) is 2.15. The fourth-order valence-electron chi connectivity index (χ4n) is 2.90. The van der Waals surface area contributed by atoms with E-state index >= 15 is 0 Å². The predicted molar refractivity (Wildman–Crippen MR) is 82.8 cm³/mol. The Kier molecular flexibility index (Phi) is 4.26. The number of carbonyl (C=O) groups is 1. The topological polar surface area (TPSA) is 81.3 Å². The van der Waals surface area contributed by atoms with Crippen LogP contribution in [-0.4, -0.2) is 72.0 Å². The molecule has 1 amide bonds. The van der Waals surface area contributed by atoms with Gasteiger partial charge in [0.15, 0.2) is 0 Å². The molecule has 120 valence electrons. The summed E-state index contributed by atoms with van der Waals surface area (Å²) in [6.07, 6.45) is 4.86. The molecule has 2 aliphatic rings. The van der Waals surface area contributed by atoms with Crippen LogP contribution >= 0.6 is 0 Å². The van der Waals surface area contributed by atoms with Gasteiger partial charge in [-0.25, -0.2) is 0 Å². The van der Waals surface area contributed by atoms with E-state index in [-0.39, 0.29) is 22.6 Å². The molecule has 0 bridgehead atoms. The SMILES string of the molecule is CN1CCN(CC2(CNC(=O)c3cncc(=O)[nH]3)CC2)CC1. The van der Waals surface area contributed by atoms with E-state index in [0.29, 0.717) is 6.54 Å². The molecule has 0 radical (unpaired) electrons. The number of aromatic nitrogens is 2. The van der Waals surface area contributed by atoms with Crippen LogP contribution in [0.1, 0.15) is 23.3 Å². The maximum absolute atomic E-state index is 12.1. The van der Waals surface area contributed by atoms with Gasteiger partial charge in [-0.3, -0.25) is 14.6 Å². The van der Waals surface area contributed by atoms with E-state index in [4.69, 9.17) is 0 Å². The Bertz CT molecular complexity index is 588. The first-order valence-corrected chi connectivity index (χ1v) is 7.80. The Morgan fingerprint density at radius 1 is 1.32 bits per heavy atom. The Morgan fingerprint density at radius 2 is 2.05 bits per heavy atom. The quantitative estimate of drug-likeness (QED) is 0.768. The molecule has 7 heteroatoms. The highest BCUT2D eigenvalue weighted by Crippen LogP contribution is 2.45. The number of rotatable bonds is 5. The lowest BCUT2D eigenvalue weighted by Crippen LogP contribution is -2.48. The van der Waals surface area contributed by atoms with Gasteiger partial charge in [0.1, 0.15) is 5.69 Å². The van der Waals surface area contributed by atoms with E-state index in [1.165, 1.54) is 6.20 Å². The molecule has 22 heavy (non-hydrogen) atoms. The summed E-state index contributed by atoms with van der Waals surface area (Å²) in [5.74, 6) is -0.255. The normalized spacial score (nSPS) is 21.5. The van der Waals surface area contributed by atoms with Gasteiger partial charge < -0.3 is 20.1 Å². The molecule has 0 unspecified atom stereocenters. The molecule has 2 N–H and O–H groups in total. The average Bonchev–Trinajstić information content (AvgIpc) is 3.27. The first-order chi connectivity index (χ1) is 10.6. The van der Waals surface area contributed by atoms with E-state index in [0.717, 1.165) is 51.8 Å². The molecule has 0 spiro atoms. The highest BCUT2D eigenvalue weighted by atomic mass is 16.2. The Morgan fingerprint density at radius 3 is 2.68 bits per heavy atom. The lowest BCUT2D eigenvalue weighted by atomic mass is 10.1. The lowest BCUT2D eigenvalue weighted by molar-refractivity contribution is 0.0921. The second-order valence-electron chi connectivity index (χ2n) is 6.57. The van der Waals surface area contributed by atoms with Crippen molar-refractivity contribution in [2.75, 3.05) is 46.3 Å². The molecule has 3 rings (SSSR count). The number of nitrogens with zero attached hydrogens (tertiary/aromatic N) is 3. The van der Waals surface area contributed by atoms with Crippen LogP contribution in [-0.2, 0) is 0 Å². The van der Waals surface area contributed by atoms with E-state index < -0.39 is 0 Å². The first-order valence-electron chi connectivity index (χ1n) is 7.80. The number of hydrogen-bond acceptors (Lipinski definition) is 5. The van der Waals surface area contributed by atoms with Gasteiger partial charge in [0, 0.05) is 44.7 Å². The van der Waals surface area contributed by atoms with Crippen molar-refractivity contribution < 1.29 is 4.79 Å². The Labute approximate surface area is 129 Å². The van der Waals surface area contributed by atoms with Gasteiger partial charge in [0.25, 0.3) is 11.5 Å². The molecule has 1 aromatic rings. The largest absolute Gasteiger partial charge is 0.350 e. The molecule has 7 nitrogen and oxygen atoms in total. The van der Waals surface area contributed by atoms with Crippen molar-refractivity contribution >= 4 is 5.91 Å². The zero-order valence-electron chi connectivity index (χ0n) is 13.0. The number of carbonyl (C=O) groups excluding carboxylic acids is 1. The molecular weight excluding hydrogens is 282 g/mol. The summed E-state index contributed by atoms with van der Waals surface area (Å²) < 4.78 is 0. The zero-order chi connectivity index (χ0) is 15.6. The average molecular weight is 305 g/mol. The van der Waals surface area contributed by atoms with Crippen LogP contribution in [0.4, 0.5) is 0 Å². The first kappa shape index (κ1) is 15.2. The van der Waals surface area contributed by atoms with Crippen LogP contribution in [0.15, 0.2) is 17.2 Å². The summed E-state index contributed by atoms with van der Waals surface area (Å²) in [6.45, 7) is 6.13. The number of H-pyrrole nitrogens is 1. The molecule has 1 aromatic heterocycles. The summed E-state index contributed by atoms with van der Waals surface area (Å²) in [6, 6.07) is 0. The van der Waals surface area contributed by atoms with Crippen LogP contribution < -0.4 is 10.9 Å². The second kappa shape index (κ2) is 6.18. The van der Waals surface area contributed by atoms with Crippen molar-refractivity contribution in [2.24, 2.45) is 5.41 Å². The maximum atomic E-state index is 12.1. The van der Waals surface area contributed by atoms with E-state index in [9.17, 15) is 9.59 Å². The lowest BCUT2D eigenvalue weighted by Gasteiger charge is -2.34. The van der Waals surface area contributed by atoms with E-state index in [2.05, 4.69) is 32.1 Å². The molecule has 1 aliphatic heterocycles. The van der Waals surface area contributed by atoms with E-state index in [1.54, 1.807) is 0 Å². The molecule has 1 saturated heterocycles. The van der Waals surface area contributed by atoms with Crippen molar-refractivity contribution in [1.29, 1.82) is 0 Å². The summed E-state index contributed by atoms with van der Waals surface area (Å²) in [5.41, 5.74) is 0.0859. The van der Waals surface area contributed by atoms with Crippen LogP contribution in [0.2, 0.25) is 0 Å². The monoisotopic (exact) mass is 305 g/mol. The zero-order valence-corrected chi connectivity index (χ0v) is 13.0. The summed E-state index contributed by atoms with van der Waals surface area (Å²) in [4.78, 5) is 34.3. The van der Waals surface area contributed by atoms with Gasteiger partial charge in [-0.15, -0.1) is 0 Å². The molecule has 0 atom stereocenters. The minimum Gasteiger partial charge on any atom is -0.350 e. The minimum absolute atomic E-state index is 0.216. The van der Waals surface area contributed by atoms with Crippen LogP contribution in [0, 0.1) is 5.41 Å². The minimum atomic E-state index is -0.355. The molecule has 2 fully saturated rings. The van der Waals surface area contributed by atoms with Gasteiger partial charge >= 0.3 is 0 Å². The number of amides is 1. The Balaban J connectivity index is 1.50. The van der Waals surface area contributed by atoms with Crippen LogP contribution in [0.3, 0.4) is 0 Å². The van der Waals surface area contributed by atoms with Crippen LogP contribution in [0.25, 0.3) is 0 Å². The third-order valence-corrected chi connectivity index (χ3v) is 4.63. The molecule has 1 aliphatic carbocycles. The fraction of sp³-hybridized carbons (Fsp3) is 0.667. The van der Waals surface area contributed by atoms with Crippen molar-refractivity contribution in [3.8, 4) is 0 Å². The van der Waals surface area contributed by atoms with Gasteiger partial charge in [0.2, 0.25) is 0 Å². The summed E-state index contributed by atoms with van der Waals surface area (Å²) in [5, 5.41) is 2.94. The predicted octanol–water partition coefficient (Wildman–Crippen LogP) is -0.473. The van der Waals surface area contributed by atoms with Gasteiger partial charge in [-0.05, 0) is 19.9 Å². The smallest absolute Gasteiger partial charge is 0.269 e. The highest BCUT2D eigenvalue weighted by molar-refractivity contribution is 5.91. The molecule has 1 saturated carbocycles. The van der Waals surface area contributed by atoms with Crippen molar-refractivity contribution in [2.45, 2.75) is 12.8 Å². The van der Waals surface area contributed by atoms with Gasteiger partial charge in [0.05, 0.1) is 12.4 Å². The van der Waals surface area contributed by atoms with Gasteiger partial charge in [-0.2, -0.15) is 0 Å². The number of nitrogens with one attached hydrogen (secondary N) is 2. The van der Waals surface area contributed by atoms with Crippen molar-refractivity contribution in [3.05, 3.63) is 28.4 Å². The molecule has 0 aromatic carbocycles. The number of likely N-dealkylation sites (N-methyl/N-ethyl adjacent to an activating group) is 1. The number of aromatic amines is 1. The summed E-state index contributed by atoms with van der Waals surface area (Å²) >= 11 is 0.